The van der Waals surface area contributed by atoms with Gasteiger partial charge in [0.2, 0.25) is 17.8 Å². The third-order valence-electron chi connectivity index (χ3n) is 3.02. The van der Waals surface area contributed by atoms with E-state index in [0.717, 1.165) is 11.4 Å². The maximum Gasteiger partial charge on any atom is 0.229 e. The molecular formula is C15H14ClN5O. The normalized spacial score (nSPS) is 10.7. The van der Waals surface area contributed by atoms with Gasteiger partial charge in [-0.25, -0.2) is 19.5 Å². The standard InChI is InChI=1S/C15H14ClN5O/c1-9-6-10(2)19-14(18-9)20-15-17-8-13(22)21(15)12-5-3-4-11(16)7-12/h3-8,22H,1-2H3,(H,17,18,19,20). The predicted octanol–water partition coefficient (Wildman–Crippen LogP) is 3.38. The fourth-order valence-corrected chi connectivity index (χ4v) is 2.37. The Morgan fingerprint density at radius 3 is 2.55 bits per heavy atom. The van der Waals surface area contributed by atoms with Crippen LogP contribution in [0.5, 0.6) is 5.88 Å². The van der Waals surface area contributed by atoms with E-state index >= 15 is 0 Å². The van der Waals surface area contributed by atoms with Crippen molar-refractivity contribution in [2.24, 2.45) is 0 Å². The van der Waals surface area contributed by atoms with E-state index in [1.807, 2.05) is 26.0 Å². The molecule has 112 valence electrons. The van der Waals surface area contributed by atoms with Crippen molar-refractivity contribution in [3.63, 3.8) is 0 Å². The predicted molar refractivity (Wildman–Crippen MR) is 85.0 cm³/mol. The summed E-state index contributed by atoms with van der Waals surface area (Å²) in [6.45, 7) is 3.78. The van der Waals surface area contributed by atoms with Crippen LogP contribution in [-0.2, 0) is 0 Å². The molecule has 7 heteroatoms. The summed E-state index contributed by atoms with van der Waals surface area (Å²) in [6, 6.07) is 9.00. The summed E-state index contributed by atoms with van der Waals surface area (Å²) in [5, 5.41) is 13.6. The fourth-order valence-electron chi connectivity index (χ4n) is 2.18. The Balaban J connectivity index is 2.02. The lowest BCUT2D eigenvalue weighted by atomic mass is 10.3. The quantitative estimate of drug-likeness (QED) is 0.775. The van der Waals surface area contributed by atoms with Crippen molar-refractivity contribution in [1.82, 2.24) is 19.5 Å². The average Bonchev–Trinajstić information content (AvgIpc) is 2.78. The largest absolute Gasteiger partial charge is 0.493 e. The molecular weight excluding hydrogens is 302 g/mol. The molecule has 2 heterocycles. The van der Waals surface area contributed by atoms with Crippen LogP contribution < -0.4 is 5.32 Å². The molecule has 3 rings (SSSR count). The van der Waals surface area contributed by atoms with E-state index in [-0.39, 0.29) is 5.88 Å². The smallest absolute Gasteiger partial charge is 0.229 e. The molecule has 3 aromatic rings. The molecule has 0 aliphatic rings. The van der Waals surface area contributed by atoms with E-state index in [0.29, 0.717) is 22.6 Å². The zero-order valence-corrected chi connectivity index (χ0v) is 12.8. The zero-order valence-electron chi connectivity index (χ0n) is 12.1. The number of nitrogens with one attached hydrogen (secondary N) is 1. The number of hydrogen-bond donors (Lipinski definition) is 2. The molecule has 0 aliphatic heterocycles. The molecule has 0 spiro atoms. The lowest BCUT2D eigenvalue weighted by Gasteiger charge is -2.10. The Labute approximate surface area is 132 Å². The Kier molecular flexibility index (Phi) is 3.68. The average molecular weight is 316 g/mol. The van der Waals surface area contributed by atoms with Crippen molar-refractivity contribution >= 4 is 23.5 Å². The summed E-state index contributed by atoms with van der Waals surface area (Å²) >= 11 is 6.01. The molecule has 0 fully saturated rings. The highest BCUT2D eigenvalue weighted by Gasteiger charge is 2.13. The summed E-state index contributed by atoms with van der Waals surface area (Å²) in [7, 11) is 0. The van der Waals surface area contributed by atoms with Gasteiger partial charge in [0.15, 0.2) is 0 Å². The first kappa shape index (κ1) is 14.3. The van der Waals surface area contributed by atoms with Gasteiger partial charge in [0.25, 0.3) is 0 Å². The van der Waals surface area contributed by atoms with Crippen LogP contribution in [0.3, 0.4) is 0 Å². The Morgan fingerprint density at radius 1 is 1.14 bits per heavy atom. The van der Waals surface area contributed by atoms with Gasteiger partial charge in [-0.05, 0) is 38.1 Å². The zero-order chi connectivity index (χ0) is 15.7. The number of rotatable bonds is 3. The second-order valence-corrected chi connectivity index (χ2v) is 5.29. The number of imidazole rings is 1. The lowest BCUT2D eigenvalue weighted by Crippen LogP contribution is -2.05. The minimum absolute atomic E-state index is 0.00542. The maximum atomic E-state index is 10.0. The van der Waals surface area contributed by atoms with Gasteiger partial charge in [0.05, 0.1) is 11.9 Å². The third kappa shape index (κ3) is 2.87. The van der Waals surface area contributed by atoms with E-state index < -0.39 is 0 Å². The van der Waals surface area contributed by atoms with Crippen LogP contribution in [0.1, 0.15) is 11.4 Å². The minimum atomic E-state index is -0.00542. The molecule has 0 bridgehead atoms. The summed E-state index contributed by atoms with van der Waals surface area (Å²) < 4.78 is 1.53. The topological polar surface area (TPSA) is 75.9 Å². The van der Waals surface area contributed by atoms with Crippen molar-refractivity contribution in [3.05, 3.63) is 52.9 Å². The van der Waals surface area contributed by atoms with Gasteiger partial charge >= 0.3 is 0 Å². The van der Waals surface area contributed by atoms with Gasteiger partial charge in [-0.1, -0.05) is 17.7 Å². The van der Waals surface area contributed by atoms with Gasteiger partial charge in [0.1, 0.15) is 0 Å². The SMILES string of the molecule is Cc1cc(C)nc(Nc2ncc(O)n2-c2cccc(Cl)c2)n1. The number of nitrogens with zero attached hydrogens (tertiary/aromatic N) is 4. The summed E-state index contributed by atoms with van der Waals surface area (Å²) in [4.78, 5) is 12.8. The lowest BCUT2D eigenvalue weighted by molar-refractivity contribution is 0.443. The molecule has 0 unspecified atom stereocenters. The van der Waals surface area contributed by atoms with Gasteiger partial charge in [-0.3, -0.25) is 5.32 Å². The van der Waals surface area contributed by atoms with Crippen molar-refractivity contribution < 1.29 is 5.11 Å². The molecule has 0 atom stereocenters. The molecule has 0 aliphatic carbocycles. The highest BCUT2D eigenvalue weighted by atomic mass is 35.5. The molecule has 0 saturated carbocycles. The molecule has 1 aromatic carbocycles. The van der Waals surface area contributed by atoms with Crippen LogP contribution in [0.4, 0.5) is 11.9 Å². The van der Waals surface area contributed by atoms with Crippen LogP contribution in [0.15, 0.2) is 36.5 Å². The summed E-state index contributed by atoms with van der Waals surface area (Å²) in [5.74, 6) is 0.824. The van der Waals surface area contributed by atoms with Crippen LogP contribution in [0.2, 0.25) is 5.02 Å². The molecule has 2 aromatic heterocycles. The van der Waals surface area contributed by atoms with Gasteiger partial charge in [-0.2, -0.15) is 0 Å². The van der Waals surface area contributed by atoms with E-state index in [1.54, 1.807) is 18.2 Å². The molecule has 0 amide bonds. The first-order valence-corrected chi connectivity index (χ1v) is 7.02. The fraction of sp³-hybridized carbons (Fsp3) is 0.133. The number of aromatic hydroxyl groups is 1. The van der Waals surface area contributed by atoms with Crippen LogP contribution in [0, 0.1) is 13.8 Å². The van der Waals surface area contributed by atoms with Crippen molar-refractivity contribution in [3.8, 4) is 11.6 Å². The van der Waals surface area contributed by atoms with Crippen molar-refractivity contribution in [1.29, 1.82) is 0 Å². The number of aromatic nitrogens is 4. The third-order valence-corrected chi connectivity index (χ3v) is 3.25. The van der Waals surface area contributed by atoms with Crippen LogP contribution in [0.25, 0.3) is 5.69 Å². The van der Waals surface area contributed by atoms with Crippen molar-refractivity contribution in [2.75, 3.05) is 5.32 Å². The first-order chi connectivity index (χ1) is 10.5. The molecule has 6 nitrogen and oxygen atoms in total. The Morgan fingerprint density at radius 2 is 1.86 bits per heavy atom. The van der Waals surface area contributed by atoms with E-state index in [2.05, 4.69) is 20.3 Å². The summed E-state index contributed by atoms with van der Waals surface area (Å²) in [5.41, 5.74) is 2.38. The first-order valence-electron chi connectivity index (χ1n) is 6.65. The number of benzene rings is 1. The number of aryl methyl sites for hydroxylation is 2. The van der Waals surface area contributed by atoms with Crippen molar-refractivity contribution in [2.45, 2.75) is 13.8 Å². The van der Waals surface area contributed by atoms with E-state index in [9.17, 15) is 5.11 Å². The van der Waals surface area contributed by atoms with Gasteiger partial charge < -0.3 is 5.11 Å². The Hall–Kier alpha value is -2.60. The van der Waals surface area contributed by atoms with E-state index in [1.165, 1.54) is 10.8 Å². The second-order valence-electron chi connectivity index (χ2n) is 4.85. The highest BCUT2D eigenvalue weighted by molar-refractivity contribution is 6.30. The summed E-state index contributed by atoms with van der Waals surface area (Å²) in [6.07, 6.45) is 1.35. The van der Waals surface area contributed by atoms with Crippen LogP contribution >= 0.6 is 11.6 Å². The second kappa shape index (κ2) is 5.65. The van der Waals surface area contributed by atoms with Gasteiger partial charge in [0, 0.05) is 16.4 Å². The maximum absolute atomic E-state index is 10.0. The molecule has 22 heavy (non-hydrogen) atoms. The van der Waals surface area contributed by atoms with Crippen LogP contribution in [-0.4, -0.2) is 24.6 Å². The number of anilines is 2. The monoisotopic (exact) mass is 315 g/mol. The molecule has 0 radical (unpaired) electrons. The van der Waals surface area contributed by atoms with Gasteiger partial charge in [-0.15, -0.1) is 0 Å². The number of hydrogen-bond acceptors (Lipinski definition) is 5. The Bertz CT molecular complexity index is 810. The molecule has 2 N–H and O–H groups in total. The molecule has 0 saturated heterocycles. The van der Waals surface area contributed by atoms with E-state index in [4.69, 9.17) is 11.6 Å². The minimum Gasteiger partial charge on any atom is -0.493 e. The number of halogens is 1. The highest BCUT2D eigenvalue weighted by Crippen LogP contribution is 2.26.